The lowest BCUT2D eigenvalue weighted by Crippen LogP contribution is -2.24. The third-order valence-electron chi connectivity index (χ3n) is 3.09. The van der Waals surface area contributed by atoms with Crippen LogP contribution in [0.2, 0.25) is 0 Å². The van der Waals surface area contributed by atoms with Gasteiger partial charge in [0.25, 0.3) is 0 Å². The fourth-order valence-corrected chi connectivity index (χ4v) is 2.23. The van der Waals surface area contributed by atoms with E-state index in [0.29, 0.717) is 5.92 Å². The fourth-order valence-electron chi connectivity index (χ4n) is 2.23. The molecule has 0 radical (unpaired) electrons. The molecule has 2 rings (SSSR count). The van der Waals surface area contributed by atoms with E-state index in [-0.39, 0.29) is 11.2 Å². The Hall–Kier alpha value is -0.850. The van der Waals surface area contributed by atoms with E-state index in [2.05, 4.69) is 20.4 Å². The summed E-state index contributed by atoms with van der Waals surface area (Å²) in [6.07, 6.45) is 5.22. The molecule has 2 aliphatic carbocycles. The smallest absolute Gasteiger partial charge is 0.181 e. The zero-order valence-electron chi connectivity index (χ0n) is 8.39. The quantitative estimate of drug-likeness (QED) is 0.561. The van der Waals surface area contributed by atoms with Crippen LogP contribution >= 0.6 is 0 Å². The van der Waals surface area contributed by atoms with Crippen LogP contribution in [0.4, 0.5) is 0 Å². The first-order chi connectivity index (χ1) is 6.00. The maximum Gasteiger partial charge on any atom is 0.181 e. The van der Waals surface area contributed by atoms with Crippen molar-refractivity contribution in [1.29, 1.82) is 0 Å². The summed E-state index contributed by atoms with van der Waals surface area (Å²) >= 11 is 0. The van der Waals surface area contributed by atoms with Gasteiger partial charge in [-0.1, -0.05) is 26.0 Å². The Morgan fingerprint density at radius 1 is 1.46 bits per heavy atom. The van der Waals surface area contributed by atoms with E-state index in [1.165, 1.54) is 18.4 Å². The second-order valence-electron chi connectivity index (χ2n) is 4.90. The van der Waals surface area contributed by atoms with Crippen molar-refractivity contribution in [3.05, 3.63) is 23.8 Å². The van der Waals surface area contributed by atoms with Crippen molar-refractivity contribution in [2.45, 2.75) is 33.1 Å². The molecule has 1 saturated carbocycles. The van der Waals surface area contributed by atoms with Crippen LogP contribution < -0.4 is 0 Å². The van der Waals surface area contributed by atoms with Crippen LogP contribution in [-0.4, -0.2) is 5.78 Å². The maximum absolute atomic E-state index is 11.4. The lowest BCUT2D eigenvalue weighted by atomic mass is 9.72. The Bertz CT molecular complexity index is 303. The van der Waals surface area contributed by atoms with Gasteiger partial charge in [-0.25, -0.2) is 0 Å². The molecule has 70 valence electrons. The van der Waals surface area contributed by atoms with Gasteiger partial charge in [0.1, 0.15) is 0 Å². The Kier molecular flexibility index (Phi) is 1.73. The van der Waals surface area contributed by atoms with Gasteiger partial charge >= 0.3 is 0 Å². The van der Waals surface area contributed by atoms with E-state index in [0.717, 1.165) is 12.0 Å². The highest BCUT2D eigenvalue weighted by Crippen LogP contribution is 2.49. The van der Waals surface area contributed by atoms with Gasteiger partial charge in [0.05, 0.1) is 0 Å². The van der Waals surface area contributed by atoms with Gasteiger partial charge in [-0.15, -0.1) is 0 Å². The monoisotopic (exact) mass is 176 g/mol. The van der Waals surface area contributed by atoms with E-state index >= 15 is 0 Å². The predicted molar refractivity (Wildman–Crippen MR) is 53.4 cm³/mol. The molecule has 0 N–H and O–H groups in total. The summed E-state index contributed by atoms with van der Waals surface area (Å²) in [7, 11) is 0. The molecule has 0 atom stereocenters. The van der Waals surface area contributed by atoms with Gasteiger partial charge in [-0.2, -0.15) is 0 Å². The number of carbonyl (C=O) groups is 1. The van der Waals surface area contributed by atoms with Crippen LogP contribution in [0.1, 0.15) is 33.1 Å². The van der Waals surface area contributed by atoms with Crippen molar-refractivity contribution >= 4 is 5.78 Å². The average Bonchev–Trinajstić information content (AvgIpc) is 2.78. The summed E-state index contributed by atoms with van der Waals surface area (Å²) < 4.78 is 0. The van der Waals surface area contributed by atoms with Crippen molar-refractivity contribution in [3.8, 4) is 0 Å². The Balaban J connectivity index is 2.35. The number of rotatable bonds is 1. The molecule has 1 nitrogen and oxygen atoms in total. The van der Waals surface area contributed by atoms with Crippen LogP contribution in [0.5, 0.6) is 0 Å². The molecule has 1 heteroatoms. The lowest BCUT2D eigenvalue weighted by Gasteiger charge is -2.32. The van der Waals surface area contributed by atoms with Gasteiger partial charge in [0, 0.05) is 0 Å². The first-order valence-corrected chi connectivity index (χ1v) is 4.95. The van der Waals surface area contributed by atoms with E-state index in [9.17, 15) is 4.79 Å². The molecule has 2 aliphatic rings. The highest BCUT2D eigenvalue weighted by atomic mass is 16.1. The topological polar surface area (TPSA) is 17.1 Å². The molecule has 0 aromatic carbocycles. The van der Waals surface area contributed by atoms with Crippen molar-refractivity contribution in [1.82, 2.24) is 0 Å². The third-order valence-corrected chi connectivity index (χ3v) is 3.09. The largest absolute Gasteiger partial charge is 0.290 e. The molecule has 0 aromatic rings. The van der Waals surface area contributed by atoms with E-state index in [1.54, 1.807) is 0 Å². The second-order valence-corrected chi connectivity index (χ2v) is 4.90. The maximum atomic E-state index is 11.4. The highest BCUT2D eigenvalue weighted by Gasteiger charge is 2.39. The second kappa shape index (κ2) is 2.57. The standard InChI is InChI=1S/C12H16O/c1-8-7-12(2,3)10(6-11(8)13)9-4-5-9/h6,9H,1,4-5,7H2,2-3H3. The lowest BCUT2D eigenvalue weighted by molar-refractivity contribution is -0.112. The molecular formula is C12H16O. The number of hydrogen-bond acceptors (Lipinski definition) is 1. The molecule has 0 aliphatic heterocycles. The number of carbonyl (C=O) groups excluding carboxylic acids is 1. The van der Waals surface area contributed by atoms with Crippen molar-refractivity contribution in [2.75, 3.05) is 0 Å². The summed E-state index contributed by atoms with van der Waals surface area (Å²) in [6.45, 7) is 8.24. The summed E-state index contributed by atoms with van der Waals surface area (Å²) in [4.78, 5) is 11.4. The summed E-state index contributed by atoms with van der Waals surface area (Å²) in [5, 5.41) is 0. The number of ketones is 1. The molecule has 0 amide bonds. The first kappa shape index (κ1) is 8.74. The van der Waals surface area contributed by atoms with Crippen molar-refractivity contribution in [3.63, 3.8) is 0 Å². The molecule has 0 saturated heterocycles. The molecule has 13 heavy (non-hydrogen) atoms. The normalized spacial score (nSPS) is 27.4. The van der Waals surface area contributed by atoms with Crippen LogP contribution in [0.3, 0.4) is 0 Å². The third kappa shape index (κ3) is 1.48. The summed E-state index contributed by atoms with van der Waals surface area (Å²) in [6, 6.07) is 0. The first-order valence-electron chi connectivity index (χ1n) is 4.95. The Morgan fingerprint density at radius 3 is 2.62 bits per heavy atom. The SMILES string of the molecule is C=C1CC(C)(C)C(C2CC2)=CC1=O. The molecule has 0 unspecified atom stereocenters. The molecule has 1 fully saturated rings. The van der Waals surface area contributed by atoms with Gasteiger partial charge in [-0.05, 0) is 42.2 Å². The minimum absolute atomic E-state index is 0.154. The van der Waals surface area contributed by atoms with Gasteiger partial charge in [-0.3, -0.25) is 4.79 Å². The highest BCUT2D eigenvalue weighted by molar-refractivity contribution is 6.05. The average molecular weight is 176 g/mol. The molecule has 0 spiro atoms. The van der Waals surface area contributed by atoms with E-state index < -0.39 is 0 Å². The Morgan fingerprint density at radius 2 is 2.08 bits per heavy atom. The summed E-state index contributed by atoms with van der Waals surface area (Å²) in [5.74, 6) is 0.855. The van der Waals surface area contributed by atoms with Crippen molar-refractivity contribution in [2.24, 2.45) is 11.3 Å². The van der Waals surface area contributed by atoms with Crippen LogP contribution in [0.25, 0.3) is 0 Å². The zero-order valence-corrected chi connectivity index (χ0v) is 8.39. The van der Waals surface area contributed by atoms with Crippen LogP contribution in [0.15, 0.2) is 23.8 Å². The van der Waals surface area contributed by atoms with Gasteiger partial charge in [0.2, 0.25) is 0 Å². The zero-order chi connectivity index (χ0) is 9.64. The van der Waals surface area contributed by atoms with E-state index in [4.69, 9.17) is 0 Å². The molecule has 0 bridgehead atoms. The molecule has 0 heterocycles. The minimum Gasteiger partial charge on any atom is -0.290 e. The molecular weight excluding hydrogens is 160 g/mol. The predicted octanol–water partition coefficient (Wildman–Crippen LogP) is 2.88. The fraction of sp³-hybridized carbons (Fsp3) is 0.583. The van der Waals surface area contributed by atoms with Crippen molar-refractivity contribution < 1.29 is 4.79 Å². The number of allylic oxidation sites excluding steroid dienone is 3. The van der Waals surface area contributed by atoms with Gasteiger partial charge < -0.3 is 0 Å². The number of hydrogen-bond donors (Lipinski definition) is 0. The van der Waals surface area contributed by atoms with Crippen LogP contribution in [0, 0.1) is 11.3 Å². The Labute approximate surface area is 79.5 Å². The van der Waals surface area contributed by atoms with Gasteiger partial charge in [0.15, 0.2) is 5.78 Å². The van der Waals surface area contributed by atoms with E-state index in [1.807, 2.05) is 6.08 Å². The van der Waals surface area contributed by atoms with Crippen LogP contribution in [-0.2, 0) is 4.79 Å². The summed E-state index contributed by atoms with van der Waals surface area (Å²) in [5.41, 5.74) is 2.31. The minimum atomic E-state index is 0.154. The molecule has 0 aromatic heterocycles.